The van der Waals surface area contributed by atoms with Crippen LogP contribution in [-0.4, -0.2) is 22.8 Å². The lowest BCUT2D eigenvalue weighted by molar-refractivity contribution is -0.136. The van der Waals surface area contributed by atoms with Crippen molar-refractivity contribution >= 4 is 11.7 Å². The normalized spacial score (nSPS) is 10.2. The van der Waals surface area contributed by atoms with E-state index in [2.05, 4.69) is 11.2 Å². The van der Waals surface area contributed by atoms with Gasteiger partial charge in [0.15, 0.2) is 0 Å². The van der Waals surface area contributed by atoms with E-state index in [0.29, 0.717) is 30.1 Å². The van der Waals surface area contributed by atoms with E-state index in [-0.39, 0.29) is 6.42 Å². The molecule has 0 radical (unpaired) electrons. The average molecular weight is 299 g/mol. The zero-order chi connectivity index (χ0) is 16.1. The Labute approximate surface area is 128 Å². The molecule has 1 heterocycles. The monoisotopic (exact) mass is 299 g/mol. The molecule has 0 aliphatic heterocycles. The molecule has 1 aromatic heterocycles. The number of aliphatic carboxylic acids is 1. The molecular formula is C16H17N3O3. The molecule has 6 nitrogen and oxygen atoms in total. The van der Waals surface area contributed by atoms with Crippen LogP contribution in [-0.2, 0) is 11.3 Å². The average Bonchev–Trinajstić information content (AvgIpc) is 2.82. The summed E-state index contributed by atoms with van der Waals surface area (Å²) < 4.78 is 5.16. The molecule has 2 aromatic rings. The van der Waals surface area contributed by atoms with Crippen molar-refractivity contribution in [1.82, 2.24) is 5.16 Å². The van der Waals surface area contributed by atoms with E-state index in [4.69, 9.17) is 9.63 Å². The maximum Gasteiger partial charge on any atom is 0.305 e. The number of nitrogens with zero attached hydrogens (tertiary/aromatic N) is 3. The third-order valence-electron chi connectivity index (χ3n) is 3.49. The van der Waals surface area contributed by atoms with Gasteiger partial charge in [-0.15, -0.1) is 0 Å². The van der Waals surface area contributed by atoms with Crippen LogP contribution in [0.2, 0.25) is 0 Å². The number of aromatic nitrogens is 1. The van der Waals surface area contributed by atoms with Crippen molar-refractivity contribution in [1.29, 1.82) is 5.26 Å². The lowest BCUT2D eigenvalue weighted by Gasteiger charge is -2.25. The minimum atomic E-state index is -0.877. The van der Waals surface area contributed by atoms with Crippen LogP contribution < -0.4 is 4.90 Å². The SMILES string of the molecule is Cc1noc(C)c1CN(CCC(=O)O)c1ccccc1C#N. The highest BCUT2D eigenvalue weighted by Crippen LogP contribution is 2.24. The van der Waals surface area contributed by atoms with Crippen LogP contribution in [0, 0.1) is 25.2 Å². The van der Waals surface area contributed by atoms with Crippen LogP contribution in [0.1, 0.15) is 29.0 Å². The number of carboxylic acid groups (broad SMARTS) is 1. The summed E-state index contributed by atoms with van der Waals surface area (Å²) in [5.74, 6) is -0.175. The quantitative estimate of drug-likeness (QED) is 0.881. The number of carboxylic acids is 1. The summed E-state index contributed by atoms with van der Waals surface area (Å²) in [7, 11) is 0. The summed E-state index contributed by atoms with van der Waals surface area (Å²) >= 11 is 0. The van der Waals surface area contributed by atoms with Crippen molar-refractivity contribution in [2.24, 2.45) is 0 Å². The summed E-state index contributed by atoms with van der Waals surface area (Å²) in [6, 6.07) is 9.30. The third kappa shape index (κ3) is 3.44. The first-order chi connectivity index (χ1) is 10.5. The smallest absolute Gasteiger partial charge is 0.305 e. The van der Waals surface area contributed by atoms with Gasteiger partial charge in [0.05, 0.1) is 23.4 Å². The van der Waals surface area contributed by atoms with Crippen molar-refractivity contribution in [2.75, 3.05) is 11.4 Å². The molecule has 2 rings (SSSR count). The Bertz CT molecular complexity index is 696. The molecule has 0 unspecified atom stereocenters. The van der Waals surface area contributed by atoms with E-state index in [1.807, 2.05) is 30.9 Å². The number of hydrogen-bond donors (Lipinski definition) is 1. The Hall–Kier alpha value is -2.81. The van der Waals surface area contributed by atoms with Gasteiger partial charge in [0.1, 0.15) is 11.8 Å². The van der Waals surface area contributed by atoms with Gasteiger partial charge in [0.25, 0.3) is 0 Å². The first-order valence-corrected chi connectivity index (χ1v) is 6.90. The highest BCUT2D eigenvalue weighted by Gasteiger charge is 2.17. The molecule has 0 atom stereocenters. The van der Waals surface area contributed by atoms with E-state index < -0.39 is 5.97 Å². The fourth-order valence-electron chi connectivity index (χ4n) is 2.28. The maximum atomic E-state index is 10.9. The number of carbonyl (C=O) groups is 1. The van der Waals surface area contributed by atoms with Crippen LogP contribution in [0.5, 0.6) is 0 Å². The van der Waals surface area contributed by atoms with E-state index in [0.717, 1.165) is 11.3 Å². The lowest BCUT2D eigenvalue weighted by atomic mass is 10.1. The highest BCUT2D eigenvalue weighted by molar-refractivity contribution is 5.68. The molecule has 1 aromatic carbocycles. The van der Waals surface area contributed by atoms with Crippen LogP contribution in [0.25, 0.3) is 0 Å². The molecule has 0 aliphatic carbocycles. The van der Waals surface area contributed by atoms with Crippen LogP contribution in [0.4, 0.5) is 5.69 Å². The molecular weight excluding hydrogens is 282 g/mol. The number of rotatable bonds is 6. The Balaban J connectivity index is 2.34. The third-order valence-corrected chi connectivity index (χ3v) is 3.49. The Morgan fingerprint density at radius 1 is 1.41 bits per heavy atom. The summed E-state index contributed by atoms with van der Waals surface area (Å²) in [6.07, 6.45) is -0.0108. The highest BCUT2D eigenvalue weighted by atomic mass is 16.5. The van der Waals surface area contributed by atoms with Gasteiger partial charge in [-0.25, -0.2) is 0 Å². The molecule has 1 N–H and O–H groups in total. The van der Waals surface area contributed by atoms with Gasteiger partial charge in [0, 0.05) is 18.7 Å². The summed E-state index contributed by atoms with van der Waals surface area (Å²) in [5.41, 5.74) is 2.91. The summed E-state index contributed by atoms with van der Waals surface area (Å²) in [4.78, 5) is 12.8. The van der Waals surface area contributed by atoms with E-state index in [9.17, 15) is 10.1 Å². The number of hydrogen-bond acceptors (Lipinski definition) is 5. The summed E-state index contributed by atoms with van der Waals surface area (Å²) in [6.45, 7) is 4.42. The number of aryl methyl sites for hydroxylation is 2. The largest absolute Gasteiger partial charge is 0.481 e. The predicted molar refractivity (Wildman–Crippen MR) is 80.4 cm³/mol. The van der Waals surface area contributed by atoms with E-state index in [1.54, 1.807) is 12.1 Å². The van der Waals surface area contributed by atoms with E-state index in [1.165, 1.54) is 0 Å². The lowest BCUT2D eigenvalue weighted by Crippen LogP contribution is -2.27. The number of benzene rings is 1. The Kier molecular flexibility index (Phi) is 4.79. The van der Waals surface area contributed by atoms with E-state index >= 15 is 0 Å². The topological polar surface area (TPSA) is 90.4 Å². The van der Waals surface area contributed by atoms with Gasteiger partial charge < -0.3 is 14.5 Å². The molecule has 22 heavy (non-hydrogen) atoms. The second kappa shape index (κ2) is 6.76. The zero-order valence-corrected chi connectivity index (χ0v) is 12.5. The fraction of sp³-hybridized carbons (Fsp3) is 0.312. The zero-order valence-electron chi connectivity index (χ0n) is 12.5. The molecule has 0 spiro atoms. The molecule has 6 heteroatoms. The van der Waals surface area contributed by atoms with Crippen molar-refractivity contribution in [3.8, 4) is 6.07 Å². The first kappa shape index (κ1) is 15.6. The molecule has 0 fully saturated rings. The van der Waals surface area contributed by atoms with Gasteiger partial charge in [-0.1, -0.05) is 17.3 Å². The predicted octanol–water partition coefficient (Wildman–Crippen LogP) is 2.64. The van der Waals surface area contributed by atoms with Gasteiger partial charge >= 0.3 is 5.97 Å². The standard InChI is InChI=1S/C16H17N3O3/c1-11-14(12(2)22-18-11)10-19(8-7-16(20)21)15-6-4-3-5-13(15)9-17/h3-6H,7-8,10H2,1-2H3,(H,20,21). The first-order valence-electron chi connectivity index (χ1n) is 6.90. The second-order valence-electron chi connectivity index (χ2n) is 5.00. The number of nitriles is 1. The van der Waals surface area contributed by atoms with Gasteiger partial charge in [0.2, 0.25) is 0 Å². The second-order valence-corrected chi connectivity index (χ2v) is 5.00. The molecule has 0 aliphatic rings. The molecule has 0 amide bonds. The van der Waals surface area contributed by atoms with Crippen LogP contribution >= 0.6 is 0 Å². The van der Waals surface area contributed by atoms with Crippen molar-refractivity contribution in [3.63, 3.8) is 0 Å². The number of para-hydroxylation sites is 1. The van der Waals surface area contributed by atoms with Crippen molar-refractivity contribution < 1.29 is 14.4 Å². The van der Waals surface area contributed by atoms with Crippen molar-refractivity contribution in [3.05, 3.63) is 46.8 Å². The van der Waals surface area contributed by atoms with Gasteiger partial charge in [-0.05, 0) is 26.0 Å². The minimum Gasteiger partial charge on any atom is -0.481 e. The Morgan fingerprint density at radius 2 is 2.14 bits per heavy atom. The van der Waals surface area contributed by atoms with Gasteiger partial charge in [-0.3, -0.25) is 4.79 Å². The maximum absolute atomic E-state index is 10.9. The van der Waals surface area contributed by atoms with Gasteiger partial charge in [-0.2, -0.15) is 5.26 Å². The molecule has 114 valence electrons. The van der Waals surface area contributed by atoms with Crippen molar-refractivity contribution in [2.45, 2.75) is 26.8 Å². The Morgan fingerprint density at radius 3 is 2.73 bits per heavy atom. The molecule has 0 bridgehead atoms. The molecule has 0 saturated heterocycles. The molecule has 0 saturated carbocycles. The van der Waals surface area contributed by atoms with Crippen LogP contribution in [0.3, 0.4) is 0 Å². The van der Waals surface area contributed by atoms with Crippen LogP contribution in [0.15, 0.2) is 28.8 Å². The summed E-state index contributed by atoms with van der Waals surface area (Å²) in [5, 5.41) is 22.1. The fourth-order valence-corrected chi connectivity index (χ4v) is 2.28. The number of anilines is 1. The minimum absolute atomic E-state index is 0.0108.